The third-order valence-corrected chi connectivity index (χ3v) is 3.85. The minimum atomic E-state index is 0. The van der Waals surface area contributed by atoms with Gasteiger partial charge < -0.3 is 15.4 Å². The lowest BCUT2D eigenvalue weighted by Crippen LogP contribution is -2.45. The third-order valence-electron chi connectivity index (χ3n) is 3.85. The molecular weight excluding hydrogens is 254 g/mol. The molecule has 1 atom stereocenters. The monoisotopic (exact) mass is 277 g/mol. The molecule has 5 nitrogen and oxygen atoms in total. The molecule has 2 aliphatic rings. The first kappa shape index (κ1) is 15.7. The maximum Gasteiger partial charge on any atom is 0.236 e. The van der Waals surface area contributed by atoms with Gasteiger partial charge in [-0.2, -0.15) is 0 Å². The van der Waals surface area contributed by atoms with Crippen molar-refractivity contribution in [3.05, 3.63) is 0 Å². The number of halogens is 1. The fourth-order valence-electron chi connectivity index (χ4n) is 2.53. The normalized spacial score (nSPS) is 29.1. The number of rotatable bonds is 3. The fraction of sp³-hybridized carbons (Fsp3) is 0.917. The van der Waals surface area contributed by atoms with Gasteiger partial charge >= 0.3 is 0 Å². The summed E-state index contributed by atoms with van der Waals surface area (Å²) in [5.41, 5.74) is 5.97. The van der Waals surface area contributed by atoms with Gasteiger partial charge in [-0.3, -0.25) is 9.69 Å². The Labute approximate surface area is 115 Å². The van der Waals surface area contributed by atoms with E-state index < -0.39 is 0 Å². The number of nitrogens with two attached hydrogens (primary N) is 1. The van der Waals surface area contributed by atoms with Gasteiger partial charge in [-0.1, -0.05) is 6.92 Å². The first-order valence-corrected chi connectivity index (χ1v) is 6.41. The summed E-state index contributed by atoms with van der Waals surface area (Å²) in [6.45, 7) is 8.20. The van der Waals surface area contributed by atoms with Crippen LogP contribution in [0.1, 0.15) is 13.3 Å². The molecule has 106 valence electrons. The SMILES string of the molecule is CC1(CN)CCN(CC(=O)N2CCOCC2)C1.Cl. The number of morpholine rings is 1. The van der Waals surface area contributed by atoms with Crippen LogP contribution in [0, 0.1) is 5.41 Å². The van der Waals surface area contributed by atoms with Crippen molar-refractivity contribution in [1.29, 1.82) is 0 Å². The highest BCUT2D eigenvalue weighted by molar-refractivity contribution is 5.85. The summed E-state index contributed by atoms with van der Waals surface area (Å²) in [7, 11) is 0. The van der Waals surface area contributed by atoms with E-state index in [0.29, 0.717) is 26.3 Å². The van der Waals surface area contributed by atoms with E-state index in [1.165, 1.54) is 0 Å². The van der Waals surface area contributed by atoms with Crippen molar-refractivity contribution in [2.45, 2.75) is 13.3 Å². The van der Waals surface area contributed by atoms with Gasteiger partial charge in [0.15, 0.2) is 0 Å². The van der Waals surface area contributed by atoms with Crippen molar-refractivity contribution >= 4 is 18.3 Å². The summed E-state index contributed by atoms with van der Waals surface area (Å²) >= 11 is 0. The number of ether oxygens (including phenoxy) is 1. The van der Waals surface area contributed by atoms with Crippen LogP contribution < -0.4 is 5.73 Å². The van der Waals surface area contributed by atoms with Gasteiger partial charge in [0, 0.05) is 19.6 Å². The predicted octanol–water partition coefficient (Wildman–Crippen LogP) is -0.0623. The number of hydrogen-bond donors (Lipinski definition) is 1. The first-order chi connectivity index (χ1) is 8.13. The standard InChI is InChI=1S/C12H23N3O2.ClH/c1-12(9-13)2-3-14(10-12)8-11(16)15-4-6-17-7-5-15;/h2-10,13H2,1H3;1H. The molecule has 0 saturated carbocycles. The van der Waals surface area contributed by atoms with Crippen LogP contribution in [0.5, 0.6) is 0 Å². The molecule has 0 bridgehead atoms. The molecule has 6 heteroatoms. The number of carbonyl (C=O) groups is 1. The quantitative estimate of drug-likeness (QED) is 0.785. The Hall–Kier alpha value is -0.360. The Balaban J connectivity index is 0.00000162. The highest BCUT2D eigenvalue weighted by atomic mass is 35.5. The zero-order valence-electron chi connectivity index (χ0n) is 11.1. The molecule has 1 amide bonds. The molecule has 2 saturated heterocycles. The summed E-state index contributed by atoms with van der Waals surface area (Å²) < 4.78 is 5.25. The second kappa shape index (κ2) is 6.70. The molecule has 2 aliphatic heterocycles. The van der Waals surface area contributed by atoms with Gasteiger partial charge in [-0.15, -0.1) is 12.4 Å². The average molecular weight is 278 g/mol. The van der Waals surface area contributed by atoms with E-state index in [1.807, 2.05) is 4.90 Å². The van der Waals surface area contributed by atoms with E-state index in [0.717, 1.165) is 32.6 Å². The Kier molecular flexibility index (Phi) is 5.85. The summed E-state index contributed by atoms with van der Waals surface area (Å²) in [6, 6.07) is 0. The van der Waals surface area contributed by atoms with E-state index in [-0.39, 0.29) is 23.7 Å². The van der Waals surface area contributed by atoms with Gasteiger partial charge in [0.2, 0.25) is 5.91 Å². The van der Waals surface area contributed by atoms with E-state index in [2.05, 4.69) is 11.8 Å². The maximum atomic E-state index is 12.1. The topological polar surface area (TPSA) is 58.8 Å². The minimum Gasteiger partial charge on any atom is -0.378 e. The van der Waals surface area contributed by atoms with Gasteiger partial charge in [0.05, 0.1) is 19.8 Å². The molecule has 0 aromatic rings. The lowest BCUT2D eigenvalue weighted by molar-refractivity contribution is -0.136. The van der Waals surface area contributed by atoms with E-state index in [9.17, 15) is 4.79 Å². The van der Waals surface area contributed by atoms with Gasteiger partial charge in [0.25, 0.3) is 0 Å². The smallest absolute Gasteiger partial charge is 0.236 e. The van der Waals surface area contributed by atoms with Crippen LogP contribution in [0.4, 0.5) is 0 Å². The van der Waals surface area contributed by atoms with Crippen LogP contribution in [-0.4, -0.2) is 68.2 Å². The van der Waals surface area contributed by atoms with Gasteiger partial charge in [0.1, 0.15) is 0 Å². The van der Waals surface area contributed by atoms with E-state index in [1.54, 1.807) is 0 Å². The number of hydrogen-bond acceptors (Lipinski definition) is 4. The molecule has 0 aliphatic carbocycles. The Morgan fingerprint density at radius 1 is 1.33 bits per heavy atom. The molecule has 2 N–H and O–H groups in total. The maximum absolute atomic E-state index is 12.1. The molecule has 0 radical (unpaired) electrons. The molecule has 0 spiro atoms. The van der Waals surface area contributed by atoms with Crippen molar-refractivity contribution in [2.24, 2.45) is 11.1 Å². The summed E-state index contributed by atoms with van der Waals surface area (Å²) in [6.07, 6.45) is 1.10. The van der Waals surface area contributed by atoms with Crippen molar-refractivity contribution in [3.8, 4) is 0 Å². The predicted molar refractivity (Wildman–Crippen MR) is 72.9 cm³/mol. The van der Waals surface area contributed by atoms with Crippen LogP contribution in [0.2, 0.25) is 0 Å². The fourth-order valence-corrected chi connectivity index (χ4v) is 2.53. The van der Waals surface area contributed by atoms with E-state index in [4.69, 9.17) is 10.5 Å². The third kappa shape index (κ3) is 3.82. The van der Waals surface area contributed by atoms with Crippen LogP contribution >= 0.6 is 12.4 Å². The molecule has 0 aromatic heterocycles. The zero-order chi connectivity index (χ0) is 12.3. The van der Waals surface area contributed by atoms with Crippen molar-refractivity contribution in [3.63, 3.8) is 0 Å². The molecule has 2 fully saturated rings. The second-order valence-electron chi connectivity index (χ2n) is 5.47. The van der Waals surface area contributed by atoms with Gasteiger partial charge in [-0.05, 0) is 24.9 Å². The van der Waals surface area contributed by atoms with Crippen molar-refractivity contribution in [2.75, 3.05) is 52.5 Å². The van der Waals surface area contributed by atoms with Crippen LogP contribution in [-0.2, 0) is 9.53 Å². The molecule has 18 heavy (non-hydrogen) atoms. The molecule has 1 unspecified atom stereocenters. The molecule has 0 aromatic carbocycles. The zero-order valence-corrected chi connectivity index (χ0v) is 11.9. The minimum absolute atomic E-state index is 0. The largest absolute Gasteiger partial charge is 0.378 e. The molecule has 2 rings (SSSR count). The number of carbonyl (C=O) groups excluding carboxylic acids is 1. The number of likely N-dealkylation sites (tertiary alicyclic amines) is 1. The highest BCUT2D eigenvalue weighted by Gasteiger charge is 2.33. The number of nitrogens with zero attached hydrogens (tertiary/aromatic N) is 2. The second-order valence-corrected chi connectivity index (χ2v) is 5.47. The van der Waals surface area contributed by atoms with Crippen molar-refractivity contribution < 1.29 is 9.53 Å². The Morgan fingerprint density at radius 3 is 2.56 bits per heavy atom. The summed E-state index contributed by atoms with van der Waals surface area (Å²) in [5.74, 6) is 0.231. The Morgan fingerprint density at radius 2 is 2.00 bits per heavy atom. The first-order valence-electron chi connectivity index (χ1n) is 6.41. The number of amides is 1. The lowest BCUT2D eigenvalue weighted by atomic mass is 9.90. The molecular formula is C12H24ClN3O2. The summed E-state index contributed by atoms with van der Waals surface area (Å²) in [5, 5.41) is 0. The van der Waals surface area contributed by atoms with E-state index >= 15 is 0 Å². The van der Waals surface area contributed by atoms with Crippen molar-refractivity contribution in [1.82, 2.24) is 9.80 Å². The Bertz CT molecular complexity index is 284. The highest BCUT2D eigenvalue weighted by Crippen LogP contribution is 2.28. The van der Waals surface area contributed by atoms with Crippen LogP contribution in [0.25, 0.3) is 0 Å². The molecule has 2 heterocycles. The average Bonchev–Trinajstić information content (AvgIpc) is 2.73. The lowest BCUT2D eigenvalue weighted by Gasteiger charge is -2.29. The van der Waals surface area contributed by atoms with Gasteiger partial charge in [-0.25, -0.2) is 0 Å². The van der Waals surface area contributed by atoms with Crippen LogP contribution in [0.15, 0.2) is 0 Å². The van der Waals surface area contributed by atoms with Crippen LogP contribution in [0.3, 0.4) is 0 Å². The summed E-state index contributed by atoms with van der Waals surface area (Å²) in [4.78, 5) is 16.2.